The van der Waals surface area contributed by atoms with Gasteiger partial charge in [0.25, 0.3) is 5.91 Å². The summed E-state index contributed by atoms with van der Waals surface area (Å²) in [7, 11) is 0. The highest BCUT2D eigenvalue weighted by atomic mass is 35.5. The molecule has 1 fully saturated rings. The average Bonchev–Trinajstić information content (AvgIpc) is 3.39. The second kappa shape index (κ2) is 8.99. The number of nitrogens with one attached hydrogen (secondary N) is 1. The molecule has 0 bridgehead atoms. The van der Waals surface area contributed by atoms with Gasteiger partial charge in [0.05, 0.1) is 10.7 Å². The quantitative estimate of drug-likeness (QED) is 0.604. The summed E-state index contributed by atoms with van der Waals surface area (Å²) in [5.74, 6) is 0.192. The zero-order chi connectivity index (χ0) is 19.2. The van der Waals surface area contributed by atoms with Gasteiger partial charge in [0.2, 0.25) is 5.82 Å². The topological polar surface area (TPSA) is 97.1 Å². The molecule has 1 heterocycles. The number of para-hydroxylation sites is 1. The summed E-state index contributed by atoms with van der Waals surface area (Å²) in [5.41, 5.74) is 0.728. The number of aliphatic carboxylic acids is 1. The van der Waals surface area contributed by atoms with Crippen LogP contribution < -0.4 is 5.32 Å². The molecular weight excluding hydrogens is 368 g/mol. The molecule has 2 N–H and O–H groups in total. The van der Waals surface area contributed by atoms with Crippen LogP contribution in [0.15, 0.2) is 24.3 Å². The highest BCUT2D eigenvalue weighted by Gasteiger charge is 2.31. The zero-order valence-corrected chi connectivity index (χ0v) is 15.8. The van der Waals surface area contributed by atoms with Gasteiger partial charge in [-0.3, -0.25) is 9.59 Å². The molecule has 0 unspecified atom stereocenters. The first-order valence-electron chi connectivity index (χ1n) is 9.28. The number of rotatable bonds is 10. The van der Waals surface area contributed by atoms with Gasteiger partial charge in [-0.05, 0) is 37.8 Å². The number of carboxylic acid groups (broad SMARTS) is 1. The molecule has 0 aliphatic heterocycles. The monoisotopic (exact) mass is 390 g/mol. The predicted octanol–water partition coefficient (Wildman–Crippen LogP) is 3.56. The van der Waals surface area contributed by atoms with E-state index < -0.39 is 5.97 Å². The molecule has 0 saturated heterocycles. The van der Waals surface area contributed by atoms with Crippen LogP contribution in [0, 0.1) is 0 Å². The van der Waals surface area contributed by atoms with E-state index in [9.17, 15) is 9.59 Å². The van der Waals surface area contributed by atoms with Crippen LogP contribution in [0.3, 0.4) is 0 Å². The molecule has 1 aromatic heterocycles. The van der Waals surface area contributed by atoms with Gasteiger partial charge in [-0.15, -0.1) is 5.10 Å². The molecule has 3 rings (SSSR count). The van der Waals surface area contributed by atoms with E-state index in [1.165, 1.54) is 0 Å². The van der Waals surface area contributed by atoms with Crippen LogP contribution in [0.4, 0.5) is 0 Å². The van der Waals surface area contributed by atoms with E-state index in [0.29, 0.717) is 23.9 Å². The maximum Gasteiger partial charge on any atom is 0.303 e. The number of carbonyl (C=O) groups excluding carboxylic acids is 1. The first-order chi connectivity index (χ1) is 13.1. The maximum absolute atomic E-state index is 12.4. The molecule has 1 aliphatic rings. The van der Waals surface area contributed by atoms with Crippen molar-refractivity contribution in [3.8, 4) is 5.69 Å². The molecule has 1 aliphatic carbocycles. The Morgan fingerprint density at radius 2 is 1.93 bits per heavy atom. The summed E-state index contributed by atoms with van der Waals surface area (Å²) in [6, 6.07) is 7.38. The van der Waals surface area contributed by atoms with Gasteiger partial charge in [0.15, 0.2) is 0 Å². The third-order valence-corrected chi connectivity index (χ3v) is 4.78. The van der Waals surface area contributed by atoms with E-state index in [1.54, 1.807) is 10.7 Å². The van der Waals surface area contributed by atoms with E-state index in [2.05, 4.69) is 15.4 Å². The number of aromatic nitrogens is 3. The van der Waals surface area contributed by atoms with Crippen LogP contribution in [0.5, 0.6) is 0 Å². The smallest absolute Gasteiger partial charge is 0.303 e. The van der Waals surface area contributed by atoms with Crippen LogP contribution in [-0.2, 0) is 4.79 Å². The molecule has 144 valence electrons. The van der Waals surface area contributed by atoms with Gasteiger partial charge < -0.3 is 10.4 Å². The average molecular weight is 391 g/mol. The van der Waals surface area contributed by atoms with Crippen molar-refractivity contribution in [3.05, 3.63) is 40.9 Å². The first-order valence-corrected chi connectivity index (χ1v) is 9.66. The van der Waals surface area contributed by atoms with E-state index in [1.807, 2.05) is 18.2 Å². The van der Waals surface area contributed by atoms with Crippen LogP contribution >= 0.6 is 11.6 Å². The lowest BCUT2D eigenvalue weighted by Crippen LogP contribution is -2.25. The van der Waals surface area contributed by atoms with Crippen molar-refractivity contribution >= 4 is 23.5 Å². The van der Waals surface area contributed by atoms with Crippen molar-refractivity contribution in [1.82, 2.24) is 20.1 Å². The Balaban J connectivity index is 1.57. The van der Waals surface area contributed by atoms with E-state index >= 15 is 0 Å². The van der Waals surface area contributed by atoms with Crippen LogP contribution in [0.1, 0.15) is 67.3 Å². The second-order valence-corrected chi connectivity index (χ2v) is 7.15. The normalized spacial score (nSPS) is 13.5. The van der Waals surface area contributed by atoms with E-state index in [0.717, 1.165) is 43.6 Å². The fraction of sp³-hybridized carbons (Fsp3) is 0.474. The van der Waals surface area contributed by atoms with Gasteiger partial charge in [-0.1, -0.05) is 36.6 Å². The number of nitrogens with zero attached hydrogens (tertiary/aromatic N) is 3. The number of unbranched alkanes of at least 4 members (excludes halogenated alkanes) is 3. The summed E-state index contributed by atoms with van der Waals surface area (Å²) < 4.78 is 1.68. The number of carbonyl (C=O) groups is 2. The molecule has 7 nitrogen and oxygen atoms in total. The third kappa shape index (κ3) is 5.29. The van der Waals surface area contributed by atoms with Gasteiger partial charge in [0.1, 0.15) is 5.82 Å². The van der Waals surface area contributed by atoms with Gasteiger partial charge in [-0.2, -0.15) is 0 Å². The van der Waals surface area contributed by atoms with E-state index in [4.69, 9.17) is 16.7 Å². The number of hydrogen-bond donors (Lipinski definition) is 2. The van der Waals surface area contributed by atoms with Crippen LogP contribution in [-0.4, -0.2) is 38.3 Å². The van der Waals surface area contributed by atoms with Crippen molar-refractivity contribution in [2.75, 3.05) is 6.54 Å². The largest absolute Gasteiger partial charge is 0.481 e. The minimum Gasteiger partial charge on any atom is -0.481 e. The number of hydrogen-bond acceptors (Lipinski definition) is 4. The SMILES string of the molecule is O=C(O)CCCCCCNC(=O)c1nc(C2CC2)n(-c2ccccc2Cl)n1. The number of amides is 1. The van der Waals surface area contributed by atoms with E-state index in [-0.39, 0.29) is 18.2 Å². The fourth-order valence-electron chi connectivity index (χ4n) is 2.86. The second-order valence-electron chi connectivity index (χ2n) is 6.74. The molecular formula is C19H23ClN4O3. The number of halogens is 1. The minimum atomic E-state index is -0.769. The molecule has 0 radical (unpaired) electrons. The van der Waals surface area contributed by atoms with Crippen molar-refractivity contribution in [2.24, 2.45) is 0 Å². The lowest BCUT2D eigenvalue weighted by Gasteiger charge is -2.06. The van der Waals surface area contributed by atoms with Gasteiger partial charge >= 0.3 is 5.97 Å². The lowest BCUT2D eigenvalue weighted by molar-refractivity contribution is -0.137. The molecule has 1 amide bonds. The minimum absolute atomic E-state index is 0.155. The maximum atomic E-state index is 12.4. The van der Waals surface area contributed by atoms with Gasteiger partial charge in [0, 0.05) is 18.9 Å². The standard InChI is InChI=1S/C19H23ClN4O3/c20-14-7-4-5-8-15(14)24-18(13-10-11-13)22-17(23-24)19(27)21-12-6-2-1-3-9-16(25)26/h4-5,7-8,13H,1-3,6,9-12H2,(H,21,27)(H,25,26). The zero-order valence-electron chi connectivity index (χ0n) is 15.0. The predicted molar refractivity (Wildman–Crippen MR) is 101 cm³/mol. The van der Waals surface area contributed by atoms with Crippen molar-refractivity contribution in [3.63, 3.8) is 0 Å². The Labute approximate surface area is 162 Å². The first kappa shape index (κ1) is 19.4. The van der Waals surface area contributed by atoms with Crippen LogP contribution in [0.25, 0.3) is 5.69 Å². The molecule has 8 heteroatoms. The summed E-state index contributed by atoms with van der Waals surface area (Å²) in [5, 5.41) is 16.4. The number of benzene rings is 1. The van der Waals surface area contributed by atoms with Crippen molar-refractivity contribution in [2.45, 2.75) is 50.9 Å². The summed E-state index contributed by atoms with van der Waals surface area (Å²) >= 11 is 6.28. The Kier molecular flexibility index (Phi) is 6.45. The highest BCUT2D eigenvalue weighted by Crippen LogP contribution is 2.40. The molecule has 0 spiro atoms. The van der Waals surface area contributed by atoms with Crippen molar-refractivity contribution in [1.29, 1.82) is 0 Å². The molecule has 27 heavy (non-hydrogen) atoms. The summed E-state index contributed by atoms with van der Waals surface area (Å²) in [6.45, 7) is 0.519. The summed E-state index contributed by atoms with van der Waals surface area (Å²) in [6.07, 6.45) is 5.46. The Bertz CT molecular complexity index is 817. The Morgan fingerprint density at radius 3 is 2.63 bits per heavy atom. The molecule has 0 atom stereocenters. The van der Waals surface area contributed by atoms with Crippen LogP contribution in [0.2, 0.25) is 5.02 Å². The highest BCUT2D eigenvalue weighted by molar-refractivity contribution is 6.32. The van der Waals surface area contributed by atoms with Crippen molar-refractivity contribution < 1.29 is 14.7 Å². The fourth-order valence-corrected chi connectivity index (χ4v) is 3.08. The summed E-state index contributed by atoms with van der Waals surface area (Å²) in [4.78, 5) is 27.3. The Hall–Kier alpha value is -2.41. The lowest BCUT2D eigenvalue weighted by atomic mass is 10.1. The number of carboxylic acids is 1. The molecule has 1 aromatic carbocycles. The molecule has 1 saturated carbocycles. The molecule has 2 aromatic rings. The van der Waals surface area contributed by atoms with Gasteiger partial charge in [-0.25, -0.2) is 9.67 Å². The Morgan fingerprint density at radius 1 is 1.19 bits per heavy atom. The third-order valence-electron chi connectivity index (χ3n) is 4.46.